The number of hydrogen-bond donors (Lipinski definition) is 3. The van der Waals surface area contributed by atoms with Crippen LogP contribution in [0.5, 0.6) is 0 Å². The maximum atomic E-state index is 12.0. The second-order valence-electron chi connectivity index (χ2n) is 5.23. The van der Waals surface area contributed by atoms with Gasteiger partial charge in [0.1, 0.15) is 0 Å². The zero-order chi connectivity index (χ0) is 16.9. The summed E-state index contributed by atoms with van der Waals surface area (Å²) in [6.07, 6.45) is 0. The average Bonchev–Trinajstić information content (AvgIpc) is 2.34. The van der Waals surface area contributed by atoms with Crippen molar-refractivity contribution in [2.75, 3.05) is 25.0 Å². The highest BCUT2D eigenvalue weighted by atomic mass is 16.4. The molecule has 7 heteroatoms. The zero-order valence-corrected chi connectivity index (χ0v) is 12.8. The number of carbonyl (C=O) groups is 3. The van der Waals surface area contributed by atoms with Crippen molar-refractivity contribution in [3.8, 4) is 0 Å². The topological polar surface area (TPSA) is 107 Å². The van der Waals surface area contributed by atoms with Gasteiger partial charge in [-0.2, -0.15) is 0 Å². The molecule has 22 heavy (non-hydrogen) atoms. The summed E-state index contributed by atoms with van der Waals surface area (Å²) >= 11 is 0. The van der Waals surface area contributed by atoms with Crippen LogP contribution in [0.3, 0.4) is 0 Å². The summed E-state index contributed by atoms with van der Waals surface area (Å²) in [4.78, 5) is 34.4. The number of nitrogens with zero attached hydrogens (tertiary/aromatic N) is 1. The number of anilines is 1. The van der Waals surface area contributed by atoms with Crippen LogP contribution in [0.4, 0.5) is 5.69 Å². The molecule has 0 atom stereocenters. The molecule has 0 aliphatic heterocycles. The molecular formula is C15H20N2O5. The van der Waals surface area contributed by atoms with Gasteiger partial charge in [0.05, 0.1) is 19.6 Å². The van der Waals surface area contributed by atoms with Gasteiger partial charge in [-0.05, 0) is 43.5 Å². The van der Waals surface area contributed by atoms with Gasteiger partial charge in [-0.3, -0.25) is 19.3 Å². The minimum absolute atomic E-state index is 0.301. The Hall–Kier alpha value is -2.41. The van der Waals surface area contributed by atoms with Gasteiger partial charge in [0.15, 0.2) is 0 Å². The molecular weight excluding hydrogens is 288 g/mol. The van der Waals surface area contributed by atoms with Gasteiger partial charge in [0.2, 0.25) is 5.91 Å². The smallest absolute Gasteiger partial charge is 0.317 e. The number of benzene rings is 1. The van der Waals surface area contributed by atoms with Crippen LogP contribution in [0.25, 0.3) is 0 Å². The third-order valence-electron chi connectivity index (χ3n) is 3.20. The molecule has 0 aliphatic carbocycles. The van der Waals surface area contributed by atoms with Gasteiger partial charge in [-0.15, -0.1) is 0 Å². The first-order chi connectivity index (χ1) is 10.2. The first-order valence-electron chi connectivity index (χ1n) is 6.72. The number of rotatable bonds is 7. The number of nitrogens with one attached hydrogen (secondary N) is 1. The van der Waals surface area contributed by atoms with E-state index in [-0.39, 0.29) is 6.54 Å². The highest BCUT2D eigenvalue weighted by molar-refractivity contribution is 5.93. The van der Waals surface area contributed by atoms with Crippen molar-refractivity contribution in [2.45, 2.75) is 20.8 Å². The van der Waals surface area contributed by atoms with Gasteiger partial charge in [-0.1, -0.05) is 6.07 Å². The van der Waals surface area contributed by atoms with Crippen molar-refractivity contribution in [1.29, 1.82) is 0 Å². The van der Waals surface area contributed by atoms with Crippen LogP contribution >= 0.6 is 0 Å². The maximum Gasteiger partial charge on any atom is 0.317 e. The van der Waals surface area contributed by atoms with E-state index in [1.165, 1.54) is 0 Å². The van der Waals surface area contributed by atoms with Crippen molar-refractivity contribution in [2.24, 2.45) is 0 Å². The Kier molecular flexibility index (Phi) is 6.06. The molecule has 0 aromatic heterocycles. The third kappa shape index (κ3) is 5.53. The van der Waals surface area contributed by atoms with Crippen LogP contribution < -0.4 is 5.32 Å². The lowest BCUT2D eigenvalue weighted by Gasteiger charge is -2.18. The zero-order valence-electron chi connectivity index (χ0n) is 12.8. The van der Waals surface area contributed by atoms with Crippen LogP contribution in [-0.4, -0.2) is 52.6 Å². The number of carbonyl (C=O) groups excluding carboxylic acids is 1. The van der Waals surface area contributed by atoms with E-state index in [4.69, 9.17) is 10.2 Å². The minimum atomic E-state index is -1.18. The normalized spacial score (nSPS) is 10.5. The number of carboxylic acids is 2. The second-order valence-corrected chi connectivity index (χ2v) is 5.23. The number of amides is 1. The Morgan fingerprint density at radius 3 is 1.91 bits per heavy atom. The maximum absolute atomic E-state index is 12.0. The number of hydrogen-bond acceptors (Lipinski definition) is 4. The lowest BCUT2D eigenvalue weighted by atomic mass is 10.0. The molecule has 1 aromatic carbocycles. The van der Waals surface area contributed by atoms with E-state index in [9.17, 15) is 14.4 Å². The fourth-order valence-electron chi connectivity index (χ4n) is 2.04. The summed E-state index contributed by atoms with van der Waals surface area (Å²) in [5, 5.41) is 20.2. The fourth-order valence-corrected chi connectivity index (χ4v) is 2.04. The van der Waals surface area contributed by atoms with Crippen LogP contribution in [-0.2, 0) is 14.4 Å². The molecule has 0 saturated heterocycles. The molecule has 0 heterocycles. The van der Waals surface area contributed by atoms with E-state index in [1.807, 2.05) is 32.9 Å². The average molecular weight is 308 g/mol. The molecule has 1 amide bonds. The predicted molar refractivity (Wildman–Crippen MR) is 81.0 cm³/mol. The van der Waals surface area contributed by atoms with E-state index in [2.05, 4.69) is 5.32 Å². The van der Waals surface area contributed by atoms with Crippen molar-refractivity contribution >= 4 is 23.5 Å². The number of carboxylic acid groups (broad SMARTS) is 2. The van der Waals surface area contributed by atoms with E-state index in [0.717, 1.165) is 21.6 Å². The SMILES string of the molecule is Cc1cc(C)c(NC(=O)CN(CC(=O)O)CC(=O)O)cc1C. The van der Waals surface area contributed by atoms with Crippen molar-refractivity contribution in [3.05, 3.63) is 28.8 Å². The molecule has 0 aliphatic rings. The lowest BCUT2D eigenvalue weighted by Crippen LogP contribution is -2.40. The van der Waals surface area contributed by atoms with Gasteiger partial charge in [0.25, 0.3) is 0 Å². The Bertz CT molecular complexity index is 582. The number of aryl methyl sites for hydroxylation is 3. The molecule has 0 fully saturated rings. The largest absolute Gasteiger partial charge is 0.480 e. The molecule has 0 spiro atoms. The van der Waals surface area contributed by atoms with Crippen molar-refractivity contribution in [1.82, 2.24) is 4.90 Å². The van der Waals surface area contributed by atoms with Gasteiger partial charge in [-0.25, -0.2) is 0 Å². The van der Waals surface area contributed by atoms with Crippen LogP contribution in [0.2, 0.25) is 0 Å². The Morgan fingerprint density at radius 1 is 0.909 bits per heavy atom. The summed E-state index contributed by atoms with van der Waals surface area (Å²) in [7, 11) is 0. The molecule has 7 nitrogen and oxygen atoms in total. The van der Waals surface area contributed by atoms with Crippen LogP contribution in [0, 0.1) is 20.8 Å². The highest BCUT2D eigenvalue weighted by Crippen LogP contribution is 2.19. The summed E-state index contributed by atoms with van der Waals surface area (Å²) in [5.74, 6) is -2.82. The van der Waals surface area contributed by atoms with E-state index >= 15 is 0 Å². The Morgan fingerprint density at radius 2 is 1.41 bits per heavy atom. The van der Waals surface area contributed by atoms with Crippen molar-refractivity contribution in [3.63, 3.8) is 0 Å². The summed E-state index contributed by atoms with van der Waals surface area (Å²) < 4.78 is 0. The second kappa shape index (κ2) is 7.56. The quantitative estimate of drug-likeness (QED) is 0.694. The molecule has 0 saturated carbocycles. The summed E-state index contributed by atoms with van der Waals surface area (Å²) in [5.41, 5.74) is 3.65. The fraction of sp³-hybridized carbons (Fsp3) is 0.400. The molecule has 120 valence electrons. The number of aliphatic carboxylic acids is 2. The van der Waals surface area contributed by atoms with Gasteiger partial charge < -0.3 is 15.5 Å². The molecule has 1 aromatic rings. The lowest BCUT2D eigenvalue weighted by molar-refractivity contribution is -0.142. The molecule has 1 rings (SSSR count). The molecule has 3 N–H and O–H groups in total. The van der Waals surface area contributed by atoms with Gasteiger partial charge in [0, 0.05) is 5.69 Å². The molecule has 0 radical (unpaired) electrons. The van der Waals surface area contributed by atoms with Crippen molar-refractivity contribution < 1.29 is 24.6 Å². The summed E-state index contributed by atoms with van der Waals surface area (Å²) in [6, 6.07) is 3.78. The highest BCUT2D eigenvalue weighted by Gasteiger charge is 2.17. The molecule has 0 bridgehead atoms. The predicted octanol–water partition coefficient (Wildman–Crippen LogP) is 1.02. The van der Waals surface area contributed by atoms with Gasteiger partial charge >= 0.3 is 11.9 Å². The summed E-state index contributed by atoms with van der Waals surface area (Å²) in [6.45, 7) is 4.43. The molecule has 0 unspecified atom stereocenters. The van der Waals surface area contributed by atoms with E-state index in [1.54, 1.807) is 0 Å². The van der Waals surface area contributed by atoms with Crippen LogP contribution in [0.1, 0.15) is 16.7 Å². The Balaban J connectivity index is 2.76. The van der Waals surface area contributed by atoms with Crippen LogP contribution in [0.15, 0.2) is 12.1 Å². The first-order valence-corrected chi connectivity index (χ1v) is 6.72. The standard InChI is InChI=1S/C15H20N2O5/c1-9-4-11(3)12(5-10(9)2)16-13(18)6-17(7-14(19)20)8-15(21)22/h4-5H,6-8H2,1-3H3,(H,16,18)(H,19,20)(H,21,22). The Labute approximate surface area is 128 Å². The first kappa shape index (κ1) is 17.6. The third-order valence-corrected chi connectivity index (χ3v) is 3.20. The van der Waals surface area contributed by atoms with E-state index < -0.39 is 30.9 Å². The van der Waals surface area contributed by atoms with E-state index in [0.29, 0.717) is 5.69 Å². The monoisotopic (exact) mass is 308 g/mol. The minimum Gasteiger partial charge on any atom is -0.480 e.